The number of hydrogen-bond acceptors (Lipinski definition) is 5. The Morgan fingerprint density at radius 3 is 2.44 bits per heavy atom. The van der Waals surface area contributed by atoms with E-state index in [1.165, 1.54) is 13.2 Å². The maximum absolute atomic E-state index is 14.1. The summed E-state index contributed by atoms with van der Waals surface area (Å²) in [5.74, 6) is -1.76. The van der Waals surface area contributed by atoms with Gasteiger partial charge in [0.25, 0.3) is 0 Å². The highest BCUT2D eigenvalue weighted by Gasteiger charge is 2.14. The van der Waals surface area contributed by atoms with Crippen LogP contribution in [0.4, 0.5) is 8.78 Å². The van der Waals surface area contributed by atoms with Crippen molar-refractivity contribution in [2.24, 2.45) is 0 Å². The second-order valence-electron chi connectivity index (χ2n) is 5.17. The van der Waals surface area contributed by atoms with Crippen molar-refractivity contribution in [3.63, 3.8) is 0 Å². The largest absolute Gasteiger partial charge is 0.469 e. The van der Waals surface area contributed by atoms with Gasteiger partial charge in [-0.05, 0) is 30.3 Å². The summed E-state index contributed by atoms with van der Waals surface area (Å²) in [6, 6.07) is 8.26. The summed E-state index contributed by atoms with van der Waals surface area (Å²) in [6.07, 6.45) is 3.02. The highest BCUT2D eigenvalue weighted by molar-refractivity contribution is 5.73. The summed E-state index contributed by atoms with van der Waals surface area (Å²) >= 11 is 0. The zero-order valence-electron chi connectivity index (χ0n) is 13.2. The number of carbonyl (C=O) groups excluding carboxylic acids is 1. The van der Waals surface area contributed by atoms with Gasteiger partial charge >= 0.3 is 5.97 Å². The minimum atomic E-state index is -0.747. The minimum absolute atomic E-state index is 0.116. The van der Waals surface area contributed by atoms with Gasteiger partial charge in [0.2, 0.25) is 0 Å². The molecule has 126 valence electrons. The molecule has 0 N–H and O–H groups in total. The van der Waals surface area contributed by atoms with Crippen LogP contribution in [0.15, 0.2) is 48.8 Å². The van der Waals surface area contributed by atoms with Gasteiger partial charge in [0.15, 0.2) is 0 Å². The predicted octanol–water partition coefficient (Wildman–Crippen LogP) is 3.20. The van der Waals surface area contributed by atoms with Crippen LogP contribution in [0.5, 0.6) is 0 Å². The molecule has 0 spiro atoms. The van der Waals surface area contributed by atoms with Crippen LogP contribution in [-0.4, -0.2) is 28.0 Å². The van der Waals surface area contributed by atoms with Crippen LogP contribution >= 0.6 is 0 Å². The van der Waals surface area contributed by atoms with Gasteiger partial charge in [-0.2, -0.15) is 0 Å². The smallest absolute Gasteiger partial charge is 0.313 e. The first-order valence-corrected chi connectivity index (χ1v) is 7.37. The molecule has 3 rings (SSSR count). The number of benzene rings is 1. The van der Waals surface area contributed by atoms with Crippen molar-refractivity contribution in [1.82, 2.24) is 15.0 Å². The lowest BCUT2D eigenvalue weighted by Crippen LogP contribution is -2.09. The average Bonchev–Trinajstić information content (AvgIpc) is 2.62. The van der Waals surface area contributed by atoms with Crippen molar-refractivity contribution < 1.29 is 18.3 Å². The highest BCUT2D eigenvalue weighted by Crippen LogP contribution is 2.26. The molecule has 0 aliphatic heterocycles. The second-order valence-corrected chi connectivity index (χ2v) is 5.17. The minimum Gasteiger partial charge on any atom is -0.469 e. The third-order valence-electron chi connectivity index (χ3n) is 3.49. The Labute approximate surface area is 142 Å². The molecule has 7 heteroatoms. The van der Waals surface area contributed by atoms with Crippen molar-refractivity contribution >= 4 is 5.97 Å². The Hall–Kier alpha value is -3.22. The Morgan fingerprint density at radius 2 is 1.76 bits per heavy atom. The first kappa shape index (κ1) is 16.6. The van der Waals surface area contributed by atoms with Gasteiger partial charge in [0.05, 0.1) is 18.5 Å². The summed E-state index contributed by atoms with van der Waals surface area (Å²) in [7, 11) is 1.26. The van der Waals surface area contributed by atoms with E-state index in [-0.39, 0.29) is 23.5 Å². The molecule has 25 heavy (non-hydrogen) atoms. The summed E-state index contributed by atoms with van der Waals surface area (Å²) in [4.78, 5) is 24.0. The lowest BCUT2D eigenvalue weighted by molar-refractivity contribution is -0.139. The van der Waals surface area contributed by atoms with Crippen molar-refractivity contribution in [1.29, 1.82) is 0 Å². The van der Waals surface area contributed by atoms with Crippen molar-refractivity contribution in [2.75, 3.05) is 7.11 Å². The third-order valence-corrected chi connectivity index (χ3v) is 3.49. The van der Waals surface area contributed by atoms with Crippen LogP contribution in [0.2, 0.25) is 0 Å². The van der Waals surface area contributed by atoms with Crippen LogP contribution < -0.4 is 0 Å². The van der Waals surface area contributed by atoms with E-state index in [0.29, 0.717) is 5.69 Å². The molecule has 0 saturated heterocycles. The monoisotopic (exact) mass is 341 g/mol. The van der Waals surface area contributed by atoms with E-state index in [1.54, 1.807) is 30.6 Å². The fourth-order valence-corrected chi connectivity index (χ4v) is 2.28. The summed E-state index contributed by atoms with van der Waals surface area (Å²) in [6.45, 7) is 0. The zero-order valence-corrected chi connectivity index (χ0v) is 13.2. The number of esters is 1. The van der Waals surface area contributed by atoms with E-state index in [2.05, 4.69) is 19.7 Å². The number of rotatable bonds is 4. The maximum Gasteiger partial charge on any atom is 0.313 e. The normalized spacial score (nSPS) is 10.5. The number of methoxy groups -OCH3 is 1. The van der Waals surface area contributed by atoms with Crippen LogP contribution in [0, 0.1) is 11.6 Å². The molecular weight excluding hydrogens is 328 g/mol. The first-order valence-electron chi connectivity index (χ1n) is 7.37. The average molecular weight is 341 g/mol. The standard InChI is InChI=1S/C18H13F2N3O2/c1-25-18(24)10-17-22-15(11-4-6-21-7-5-11)9-16(23-17)13-3-2-12(19)8-14(13)20/h2-9H,10H2,1H3. The fourth-order valence-electron chi connectivity index (χ4n) is 2.28. The summed E-state index contributed by atoms with van der Waals surface area (Å²) in [5.41, 5.74) is 1.59. The Balaban J connectivity index is 2.13. The zero-order chi connectivity index (χ0) is 17.8. The summed E-state index contributed by atoms with van der Waals surface area (Å²) in [5, 5.41) is 0. The molecule has 1 aromatic carbocycles. The molecule has 2 heterocycles. The van der Waals surface area contributed by atoms with Crippen molar-refractivity contribution in [3.05, 3.63) is 66.3 Å². The number of nitrogens with zero attached hydrogens (tertiary/aromatic N) is 3. The molecule has 0 unspecified atom stereocenters. The second kappa shape index (κ2) is 7.12. The number of hydrogen-bond donors (Lipinski definition) is 0. The van der Waals surface area contributed by atoms with E-state index < -0.39 is 17.6 Å². The number of pyridine rings is 1. The molecule has 0 saturated carbocycles. The van der Waals surface area contributed by atoms with Crippen LogP contribution in [-0.2, 0) is 16.0 Å². The predicted molar refractivity (Wildman–Crippen MR) is 86.3 cm³/mol. The van der Waals surface area contributed by atoms with Gasteiger partial charge in [-0.3, -0.25) is 9.78 Å². The first-order chi connectivity index (χ1) is 12.1. The molecular formula is C18H13F2N3O2. The molecule has 0 fully saturated rings. The Morgan fingerprint density at radius 1 is 1.04 bits per heavy atom. The van der Waals surface area contributed by atoms with E-state index in [1.807, 2.05) is 0 Å². The molecule has 0 bridgehead atoms. The molecule has 0 amide bonds. The van der Waals surface area contributed by atoms with E-state index in [4.69, 9.17) is 0 Å². The molecule has 0 atom stereocenters. The number of aromatic nitrogens is 3. The maximum atomic E-state index is 14.1. The highest BCUT2D eigenvalue weighted by atomic mass is 19.1. The topological polar surface area (TPSA) is 65.0 Å². The van der Waals surface area contributed by atoms with Crippen LogP contribution in [0.25, 0.3) is 22.5 Å². The van der Waals surface area contributed by atoms with Crippen molar-refractivity contribution in [2.45, 2.75) is 6.42 Å². The molecule has 2 aromatic heterocycles. The summed E-state index contributed by atoms with van der Waals surface area (Å²) < 4.78 is 31.9. The van der Waals surface area contributed by atoms with Gasteiger partial charge in [0.1, 0.15) is 23.9 Å². The van der Waals surface area contributed by atoms with Crippen LogP contribution in [0.1, 0.15) is 5.82 Å². The fraction of sp³-hybridized carbons (Fsp3) is 0.111. The lowest BCUT2D eigenvalue weighted by Gasteiger charge is -2.09. The number of carbonyl (C=O) groups is 1. The lowest BCUT2D eigenvalue weighted by atomic mass is 10.1. The SMILES string of the molecule is COC(=O)Cc1nc(-c2ccncc2)cc(-c2ccc(F)cc2F)n1. The Bertz CT molecular complexity index is 917. The quantitative estimate of drug-likeness (QED) is 0.682. The molecule has 3 aromatic rings. The van der Waals surface area contributed by atoms with E-state index in [0.717, 1.165) is 17.7 Å². The molecule has 0 aliphatic rings. The van der Waals surface area contributed by atoms with Gasteiger partial charge in [-0.25, -0.2) is 18.7 Å². The number of halogens is 2. The van der Waals surface area contributed by atoms with Gasteiger partial charge in [-0.15, -0.1) is 0 Å². The number of ether oxygens (including phenoxy) is 1. The van der Waals surface area contributed by atoms with Gasteiger partial charge in [-0.1, -0.05) is 0 Å². The van der Waals surface area contributed by atoms with Crippen LogP contribution in [0.3, 0.4) is 0 Å². The van der Waals surface area contributed by atoms with Gasteiger partial charge in [0, 0.05) is 29.6 Å². The van der Waals surface area contributed by atoms with E-state index >= 15 is 0 Å². The van der Waals surface area contributed by atoms with Gasteiger partial charge < -0.3 is 4.74 Å². The van der Waals surface area contributed by atoms with Crippen molar-refractivity contribution in [3.8, 4) is 22.5 Å². The molecule has 5 nitrogen and oxygen atoms in total. The third kappa shape index (κ3) is 3.82. The Kier molecular flexibility index (Phi) is 4.74. The van der Waals surface area contributed by atoms with E-state index in [9.17, 15) is 13.6 Å². The molecule has 0 aliphatic carbocycles. The molecule has 0 radical (unpaired) electrons.